The van der Waals surface area contributed by atoms with Gasteiger partial charge in [-0.1, -0.05) is 6.07 Å². The molecule has 0 bridgehead atoms. The van der Waals surface area contributed by atoms with E-state index < -0.39 is 16.0 Å². The highest BCUT2D eigenvalue weighted by molar-refractivity contribution is 7.91. The second kappa shape index (κ2) is 5.78. The minimum atomic E-state index is -3.53. The predicted molar refractivity (Wildman–Crippen MR) is 73.0 cm³/mol. The molecule has 0 unspecified atom stereocenters. The zero-order chi connectivity index (χ0) is 14.8. The Balaban J connectivity index is 2.14. The Bertz CT molecular complexity index is 687. The zero-order valence-corrected chi connectivity index (χ0v) is 12.5. The molecule has 0 amide bonds. The van der Waals surface area contributed by atoms with Crippen LogP contribution in [0.25, 0.3) is 0 Å². The van der Waals surface area contributed by atoms with Gasteiger partial charge in [0.15, 0.2) is 0 Å². The van der Waals surface area contributed by atoms with E-state index in [1.807, 2.05) is 0 Å². The van der Waals surface area contributed by atoms with E-state index in [-0.39, 0.29) is 16.5 Å². The number of hydrogen-bond acceptors (Lipinski definition) is 6. The molecule has 0 aromatic carbocycles. The average molecular weight is 315 g/mol. The largest absolute Gasteiger partial charge is 0.463 e. The maximum Gasteiger partial charge on any atom is 0.373 e. The van der Waals surface area contributed by atoms with Gasteiger partial charge in [0.05, 0.1) is 13.7 Å². The summed E-state index contributed by atoms with van der Waals surface area (Å²) in [6.45, 7) is 0.0389. The fourth-order valence-corrected chi connectivity index (χ4v) is 3.88. The quantitative estimate of drug-likeness (QED) is 0.788. The number of hydrogen-bond donors (Lipinski definition) is 0. The first-order chi connectivity index (χ1) is 9.45. The van der Waals surface area contributed by atoms with E-state index in [4.69, 9.17) is 4.42 Å². The smallest absolute Gasteiger partial charge is 0.373 e. The topological polar surface area (TPSA) is 76.8 Å². The molecule has 0 fully saturated rings. The van der Waals surface area contributed by atoms with Crippen molar-refractivity contribution in [2.75, 3.05) is 14.2 Å². The Morgan fingerprint density at radius 1 is 1.40 bits per heavy atom. The van der Waals surface area contributed by atoms with Gasteiger partial charge in [0.1, 0.15) is 9.97 Å². The molecule has 0 saturated carbocycles. The van der Waals surface area contributed by atoms with E-state index in [2.05, 4.69) is 4.74 Å². The van der Waals surface area contributed by atoms with Crippen LogP contribution in [0.3, 0.4) is 0 Å². The molecule has 0 atom stereocenters. The Kier molecular flexibility index (Phi) is 4.26. The van der Waals surface area contributed by atoms with Gasteiger partial charge < -0.3 is 9.15 Å². The first kappa shape index (κ1) is 14.8. The molecule has 8 heteroatoms. The first-order valence-corrected chi connectivity index (χ1v) is 7.94. The SMILES string of the molecule is COC(=O)c1ccc(CN(C)S(=O)(=O)c2cccs2)o1. The lowest BCUT2D eigenvalue weighted by atomic mass is 10.4. The third-order valence-electron chi connectivity index (χ3n) is 2.59. The molecular formula is C12H13NO5S2. The fourth-order valence-electron chi connectivity index (χ4n) is 1.54. The van der Waals surface area contributed by atoms with Crippen LogP contribution in [0.15, 0.2) is 38.3 Å². The van der Waals surface area contributed by atoms with Crippen molar-refractivity contribution >= 4 is 27.3 Å². The predicted octanol–water partition coefficient (Wildman–Crippen LogP) is 1.95. The summed E-state index contributed by atoms with van der Waals surface area (Å²) in [4.78, 5) is 11.3. The highest BCUT2D eigenvalue weighted by Gasteiger charge is 2.23. The minimum absolute atomic E-state index is 0.0389. The van der Waals surface area contributed by atoms with Crippen LogP contribution >= 0.6 is 11.3 Å². The summed E-state index contributed by atoms with van der Waals surface area (Å²) >= 11 is 1.15. The number of esters is 1. The lowest BCUT2D eigenvalue weighted by Crippen LogP contribution is -2.25. The van der Waals surface area contributed by atoms with Crippen molar-refractivity contribution in [2.24, 2.45) is 0 Å². The fraction of sp³-hybridized carbons (Fsp3) is 0.250. The normalized spacial score (nSPS) is 11.8. The van der Waals surface area contributed by atoms with Crippen molar-refractivity contribution in [1.29, 1.82) is 0 Å². The molecule has 108 valence electrons. The van der Waals surface area contributed by atoms with E-state index in [9.17, 15) is 13.2 Å². The number of rotatable bonds is 5. The van der Waals surface area contributed by atoms with E-state index >= 15 is 0 Å². The number of sulfonamides is 1. The molecule has 0 radical (unpaired) electrons. The van der Waals surface area contributed by atoms with Gasteiger partial charge >= 0.3 is 5.97 Å². The summed E-state index contributed by atoms with van der Waals surface area (Å²) in [6.07, 6.45) is 0. The maximum atomic E-state index is 12.2. The second-order valence-corrected chi connectivity index (χ2v) is 7.17. The van der Waals surface area contributed by atoms with E-state index in [0.717, 1.165) is 11.3 Å². The third kappa shape index (κ3) is 2.92. The van der Waals surface area contributed by atoms with E-state index in [0.29, 0.717) is 5.76 Å². The molecule has 0 saturated heterocycles. The van der Waals surface area contributed by atoms with E-state index in [1.54, 1.807) is 23.6 Å². The maximum absolute atomic E-state index is 12.2. The van der Waals surface area contributed by atoms with Gasteiger partial charge in [-0.05, 0) is 23.6 Å². The molecular weight excluding hydrogens is 302 g/mol. The molecule has 20 heavy (non-hydrogen) atoms. The van der Waals surface area contributed by atoms with Crippen LogP contribution in [0.5, 0.6) is 0 Å². The number of ether oxygens (including phenoxy) is 1. The van der Waals surface area contributed by atoms with Gasteiger partial charge in [-0.15, -0.1) is 11.3 Å². The Morgan fingerprint density at radius 2 is 2.15 bits per heavy atom. The van der Waals surface area contributed by atoms with Gasteiger partial charge in [0.2, 0.25) is 5.76 Å². The molecule has 2 heterocycles. The number of carbonyl (C=O) groups excluding carboxylic acids is 1. The number of nitrogens with zero attached hydrogens (tertiary/aromatic N) is 1. The van der Waals surface area contributed by atoms with Gasteiger partial charge in [0.25, 0.3) is 10.0 Å². The van der Waals surface area contributed by atoms with Crippen molar-refractivity contribution in [2.45, 2.75) is 10.8 Å². The summed E-state index contributed by atoms with van der Waals surface area (Å²) in [5.41, 5.74) is 0. The molecule has 2 aromatic heterocycles. The molecule has 0 N–H and O–H groups in total. The molecule has 6 nitrogen and oxygen atoms in total. The van der Waals surface area contributed by atoms with E-state index in [1.165, 1.54) is 24.5 Å². The lowest BCUT2D eigenvalue weighted by molar-refractivity contribution is 0.0562. The van der Waals surface area contributed by atoms with Crippen molar-refractivity contribution in [1.82, 2.24) is 4.31 Å². The van der Waals surface area contributed by atoms with Crippen LogP contribution in [0.4, 0.5) is 0 Å². The summed E-state index contributed by atoms with van der Waals surface area (Å²) in [6, 6.07) is 6.21. The Hall–Kier alpha value is -1.64. The summed E-state index contributed by atoms with van der Waals surface area (Å²) < 4.78 is 35.6. The van der Waals surface area contributed by atoms with Crippen LogP contribution < -0.4 is 0 Å². The van der Waals surface area contributed by atoms with Crippen LogP contribution in [0.2, 0.25) is 0 Å². The summed E-state index contributed by atoms with van der Waals surface area (Å²) in [5.74, 6) is -0.183. The van der Waals surface area contributed by atoms with Crippen LogP contribution in [0.1, 0.15) is 16.3 Å². The molecule has 0 aliphatic rings. The Morgan fingerprint density at radius 3 is 2.75 bits per heavy atom. The number of carbonyl (C=O) groups is 1. The standard InChI is InChI=1S/C12H13NO5S2/c1-13(20(15,16)11-4-3-7-19-11)8-9-5-6-10(18-9)12(14)17-2/h3-7H,8H2,1-2H3. The molecule has 2 aromatic rings. The monoisotopic (exact) mass is 315 g/mol. The minimum Gasteiger partial charge on any atom is -0.463 e. The van der Waals surface area contributed by atoms with Gasteiger partial charge in [-0.25, -0.2) is 13.2 Å². The van der Waals surface area contributed by atoms with Gasteiger partial charge in [-0.3, -0.25) is 0 Å². The lowest BCUT2D eigenvalue weighted by Gasteiger charge is -2.14. The molecule has 0 aliphatic heterocycles. The average Bonchev–Trinajstić information content (AvgIpc) is 3.08. The van der Waals surface area contributed by atoms with Crippen molar-refractivity contribution in [3.63, 3.8) is 0 Å². The summed E-state index contributed by atoms with van der Waals surface area (Å²) in [5, 5.41) is 1.70. The molecule has 0 aliphatic carbocycles. The summed E-state index contributed by atoms with van der Waals surface area (Å²) in [7, 11) is -0.833. The van der Waals surface area contributed by atoms with Gasteiger partial charge in [0, 0.05) is 7.05 Å². The van der Waals surface area contributed by atoms with Crippen molar-refractivity contribution in [3.8, 4) is 0 Å². The number of thiophene rings is 1. The van der Waals surface area contributed by atoms with Crippen molar-refractivity contribution < 1.29 is 22.4 Å². The third-order valence-corrected chi connectivity index (χ3v) is 5.76. The van der Waals surface area contributed by atoms with Crippen LogP contribution in [0, 0.1) is 0 Å². The second-order valence-electron chi connectivity index (χ2n) is 3.95. The van der Waals surface area contributed by atoms with Crippen LogP contribution in [-0.2, 0) is 21.3 Å². The van der Waals surface area contributed by atoms with Crippen LogP contribution in [-0.4, -0.2) is 32.8 Å². The first-order valence-electron chi connectivity index (χ1n) is 5.62. The van der Waals surface area contributed by atoms with Crippen molar-refractivity contribution in [3.05, 3.63) is 41.2 Å². The highest BCUT2D eigenvalue weighted by atomic mass is 32.2. The Labute approximate surface area is 120 Å². The molecule has 2 rings (SSSR count). The highest BCUT2D eigenvalue weighted by Crippen LogP contribution is 2.22. The zero-order valence-electron chi connectivity index (χ0n) is 10.9. The molecule has 0 spiro atoms. The number of methoxy groups -OCH3 is 1. The number of furan rings is 1. The van der Waals surface area contributed by atoms with Gasteiger partial charge in [-0.2, -0.15) is 4.31 Å².